The molecule has 0 bridgehead atoms. The van der Waals surface area contributed by atoms with Gasteiger partial charge in [0.1, 0.15) is 11.1 Å². The number of fused-ring (bicyclic) bond motifs is 1. The maximum absolute atomic E-state index is 12.9. The predicted molar refractivity (Wildman–Crippen MR) is 84.8 cm³/mol. The summed E-state index contributed by atoms with van der Waals surface area (Å²) in [4.78, 5) is 42.1. The molecule has 0 N–H and O–H groups in total. The van der Waals surface area contributed by atoms with Crippen molar-refractivity contribution in [2.75, 3.05) is 0 Å². The molecule has 0 spiro atoms. The Morgan fingerprint density at radius 2 is 1.58 bits per heavy atom. The number of hydroxylamine groups is 2. The molecule has 0 saturated heterocycles. The molecule has 2 aromatic carbocycles. The molecule has 1 heterocycles. The minimum Gasteiger partial charge on any atom is -0.328 e. The standard InChI is InChI=1S/C17H12FNO4S/c1-10(24-12-8-6-11(18)7-9-12)17(22)23-19-15(20)13-4-2-3-5-14(13)16(19)21/h2-10H,1H3. The van der Waals surface area contributed by atoms with Gasteiger partial charge >= 0.3 is 5.97 Å². The molecule has 1 aliphatic heterocycles. The number of halogens is 1. The van der Waals surface area contributed by atoms with E-state index in [-0.39, 0.29) is 16.9 Å². The van der Waals surface area contributed by atoms with Crippen LogP contribution in [0.4, 0.5) is 4.39 Å². The molecule has 0 fully saturated rings. The van der Waals surface area contributed by atoms with Crippen molar-refractivity contribution >= 4 is 29.5 Å². The normalized spacial score (nSPS) is 14.5. The second-order valence-corrected chi connectivity index (χ2v) is 6.49. The van der Waals surface area contributed by atoms with Crippen molar-refractivity contribution in [2.45, 2.75) is 17.1 Å². The first-order valence-corrected chi connectivity index (χ1v) is 7.97. The van der Waals surface area contributed by atoms with Gasteiger partial charge in [0.15, 0.2) is 0 Å². The SMILES string of the molecule is CC(Sc1ccc(F)cc1)C(=O)ON1C(=O)c2ccccc2C1=O. The fourth-order valence-corrected chi connectivity index (χ4v) is 3.02. The van der Waals surface area contributed by atoms with Crippen molar-refractivity contribution in [3.05, 3.63) is 65.5 Å². The summed E-state index contributed by atoms with van der Waals surface area (Å²) in [5.41, 5.74) is 0.406. The third-order valence-electron chi connectivity index (χ3n) is 3.40. The van der Waals surface area contributed by atoms with E-state index in [1.54, 1.807) is 19.1 Å². The molecule has 1 atom stereocenters. The van der Waals surface area contributed by atoms with Gasteiger partial charge in [-0.3, -0.25) is 9.59 Å². The van der Waals surface area contributed by atoms with E-state index in [2.05, 4.69) is 0 Å². The monoisotopic (exact) mass is 345 g/mol. The molecule has 7 heteroatoms. The molecule has 1 unspecified atom stereocenters. The van der Waals surface area contributed by atoms with Gasteiger partial charge in [-0.15, -0.1) is 11.8 Å². The van der Waals surface area contributed by atoms with E-state index >= 15 is 0 Å². The van der Waals surface area contributed by atoms with Crippen LogP contribution in [-0.2, 0) is 9.63 Å². The lowest BCUT2D eigenvalue weighted by atomic mass is 10.1. The zero-order chi connectivity index (χ0) is 17.3. The van der Waals surface area contributed by atoms with E-state index in [1.807, 2.05) is 0 Å². The number of carbonyl (C=O) groups excluding carboxylic acids is 3. The highest BCUT2D eigenvalue weighted by atomic mass is 32.2. The smallest absolute Gasteiger partial charge is 0.328 e. The maximum Gasteiger partial charge on any atom is 0.346 e. The topological polar surface area (TPSA) is 63.7 Å². The largest absolute Gasteiger partial charge is 0.346 e. The van der Waals surface area contributed by atoms with Crippen molar-refractivity contribution in [1.82, 2.24) is 5.06 Å². The van der Waals surface area contributed by atoms with Crippen LogP contribution in [0, 0.1) is 5.82 Å². The number of thioether (sulfide) groups is 1. The van der Waals surface area contributed by atoms with Gasteiger partial charge in [0.25, 0.3) is 11.8 Å². The number of hydrogen-bond donors (Lipinski definition) is 0. The molecule has 0 aromatic heterocycles. The molecule has 5 nitrogen and oxygen atoms in total. The van der Waals surface area contributed by atoms with E-state index in [0.29, 0.717) is 9.96 Å². The van der Waals surface area contributed by atoms with E-state index in [0.717, 1.165) is 11.8 Å². The summed E-state index contributed by atoms with van der Waals surface area (Å²) < 4.78 is 12.9. The highest BCUT2D eigenvalue weighted by molar-refractivity contribution is 8.00. The minimum atomic E-state index is -0.737. The van der Waals surface area contributed by atoms with Gasteiger partial charge in [0, 0.05) is 4.90 Å². The number of carbonyl (C=O) groups is 3. The number of nitrogens with zero attached hydrogens (tertiary/aromatic N) is 1. The van der Waals surface area contributed by atoms with Gasteiger partial charge in [-0.05, 0) is 43.3 Å². The van der Waals surface area contributed by atoms with Crippen LogP contribution in [-0.4, -0.2) is 28.1 Å². The Labute approximate surface area is 141 Å². The Morgan fingerprint density at radius 1 is 1.04 bits per heavy atom. The molecule has 2 amide bonds. The van der Waals surface area contributed by atoms with Crippen molar-refractivity contribution < 1.29 is 23.6 Å². The van der Waals surface area contributed by atoms with E-state index in [4.69, 9.17) is 4.84 Å². The third kappa shape index (κ3) is 3.03. The Morgan fingerprint density at radius 3 is 2.12 bits per heavy atom. The quantitative estimate of drug-likeness (QED) is 0.629. The zero-order valence-electron chi connectivity index (χ0n) is 12.6. The van der Waals surface area contributed by atoms with Crippen LogP contribution in [0.2, 0.25) is 0 Å². The average Bonchev–Trinajstić information content (AvgIpc) is 2.82. The molecule has 0 radical (unpaired) electrons. The van der Waals surface area contributed by atoms with Crippen LogP contribution >= 0.6 is 11.8 Å². The first-order valence-electron chi connectivity index (χ1n) is 7.09. The summed E-state index contributed by atoms with van der Waals surface area (Å²) in [6.07, 6.45) is 0. The summed E-state index contributed by atoms with van der Waals surface area (Å²) in [5, 5.41) is -0.200. The number of hydrogen-bond acceptors (Lipinski definition) is 5. The second kappa shape index (κ2) is 6.45. The molecule has 2 aromatic rings. The number of amides is 2. The number of rotatable bonds is 4. The van der Waals surface area contributed by atoms with Crippen molar-refractivity contribution in [3.8, 4) is 0 Å². The Bertz CT molecular complexity index is 787. The molecular weight excluding hydrogens is 333 g/mol. The first kappa shape index (κ1) is 16.2. The van der Waals surface area contributed by atoms with Crippen LogP contribution in [0.15, 0.2) is 53.4 Å². The molecule has 0 aliphatic carbocycles. The van der Waals surface area contributed by atoms with Gasteiger partial charge in [-0.2, -0.15) is 0 Å². The Kier molecular flexibility index (Phi) is 4.35. The number of benzene rings is 2. The zero-order valence-corrected chi connectivity index (χ0v) is 13.4. The predicted octanol–water partition coefficient (Wildman–Crippen LogP) is 3.06. The van der Waals surface area contributed by atoms with Gasteiger partial charge in [-0.25, -0.2) is 9.18 Å². The summed E-state index contributed by atoms with van der Waals surface area (Å²) in [6.45, 7) is 1.58. The highest BCUT2D eigenvalue weighted by Crippen LogP contribution is 2.27. The molecule has 1 aliphatic rings. The van der Waals surface area contributed by atoms with Crippen molar-refractivity contribution in [2.24, 2.45) is 0 Å². The summed E-state index contributed by atoms with van der Waals surface area (Å²) in [7, 11) is 0. The van der Waals surface area contributed by atoms with Gasteiger partial charge in [-0.1, -0.05) is 17.2 Å². The lowest BCUT2D eigenvalue weighted by Crippen LogP contribution is -2.35. The lowest BCUT2D eigenvalue weighted by Gasteiger charge is -2.16. The van der Waals surface area contributed by atoms with Crippen LogP contribution in [0.5, 0.6) is 0 Å². The summed E-state index contributed by atoms with van der Waals surface area (Å²) >= 11 is 1.14. The van der Waals surface area contributed by atoms with Crippen LogP contribution in [0.25, 0.3) is 0 Å². The van der Waals surface area contributed by atoms with Gasteiger partial charge in [0.05, 0.1) is 11.1 Å². The van der Waals surface area contributed by atoms with E-state index in [1.165, 1.54) is 36.4 Å². The Balaban J connectivity index is 1.68. The van der Waals surface area contributed by atoms with Crippen LogP contribution in [0.3, 0.4) is 0 Å². The van der Waals surface area contributed by atoms with E-state index in [9.17, 15) is 18.8 Å². The van der Waals surface area contributed by atoms with Gasteiger partial charge in [0.2, 0.25) is 0 Å². The first-order chi connectivity index (χ1) is 11.5. The van der Waals surface area contributed by atoms with Crippen LogP contribution < -0.4 is 0 Å². The molecule has 3 rings (SSSR count). The molecule has 0 saturated carbocycles. The maximum atomic E-state index is 12.9. The van der Waals surface area contributed by atoms with E-state index < -0.39 is 23.0 Å². The molecule has 24 heavy (non-hydrogen) atoms. The summed E-state index contributed by atoms with van der Waals surface area (Å²) in [5.74, 6) is -2.44. The highest BCUT2D eigenvalue weighted by Gasteiger charge is 2.39. The van der Waals surface area contributed by atoms with Gasteiger partial charge < -0.3 is 4.84 Å². The molecular formula is C17H12FNO4S. The average molecular weight is 345 g/mol. The third-order valence-corrected chi connectivity index (χ3v) is 4.49. The minimum absolute atomic E-state index is 0.203. The van der Waals surface area contributed by atoms with Crippen molar-refractivity contribution in [1.29, 1.82) is 0 Å². The second-order valence-electron chi connectivity index (χ2n) is 5.07. The number of imide groups is 1. The fourth-order valence-electron chi connectivity index (χ4n) is 2.18. The Hall–Kier alpha value is -2.67. The summed E-state index contributed by atoms with van der Waals surface area (Å²) in [6, 6.07) is 11.9. The lowest BCUT2D eigenvalue weighted by molar-refractivity contribution is -0.167. The van der Waals surface area contributed by atoms with Crippen molar-refractivity contribution in [3.63, 3.8) is 0 Å². The molecule has 122 valence electrons. The fraction of sp³-hybridized carbons (Fsp3) is 0.118. The van der Waals surface area contributed by atoms with Crippen LogP contribution in [0.1, 0.15) is 27.6 Å².